The van der Waals surface area contributed by atoms with Crippen LogP contribution in [-0.2, 0) is 4.74 Å². The van der Waals surface area contributed by atoms with E-state index >= 15 is 0 Å². The summed E-state index contributed by atoms with van der Waals surface area (Å²) in [5.74, 6) is 1.22. The van der Waals surface area contributed by atoms with Crippen LogP contribution in [0, 0.1) is 0 Å². The van der Waals surface area contributed by atoms with Gasteiger partial charge in [-0.1, -0.05) is 6.42 Å². The monoisotopic (exact) mass is 231 g/mol. The lowest BCUT2D eigenvalue weighted by Gasteiger charge is -2.23. The molecule has 0 unspecified atom stereocenters. The highest BCUT2D eigenvalue weighted by Gasteiger charge is 2.18. The van der Waals surface area contributed by atoms with E-state index < -0.39 is 5.60 Å². The van der Waals surface area contributed by atoms with Crippen molar-refractivity contribution in [2.75, 3.05) is 12.3 Å². The molecule has 1 saturated heterocycles. The maximum atomic E-state index is 11.4. The summed E-state index contributed by atoms with van der Waals surface area (Å²) in [6.45, 7) is 6.37. The molecular formula is C11H21NO2S. The second-order valence-electron chi connectivity index (χ2n) is 4.87. The summed E-state index contributed by atoms with van der Waals surface area (Å²) in [5.41, 5.74) is -0.399. The number of alkyl carbamates (subject to hydrolysis) is 1. The Hall–Kier alpha value is -0.380. The van der Waals surface area contributed by atoms with Crippen molar-refractivity contribution in [1.82, 2.24) is 5.32 Å². The van der Waals surface area contributed by atoms with Crippen LogP contribution in [0.25, 0.3) is 0 Å². The Morgan fingerprint density at radius 1 is 1.47 bits per heavy atom. The topological polar surface area (TPSA) is 38.3 Å². The Morgan fingerprint density at radius 2 is 2.20 bits per heavy atom. The van der Waals surface area contributed by atoms with Crippen molar-refractivity contribution in [2.45, 2.75) is 50.9 Å². The lowest BCUT2D eigenvalue weighted by Crippen LogP contribution is -2.36. The number of hydrogen-bond acceptors (Lipinski definition) is 3. The molecule has 0 aromatic heterocycles. The average Bonchev–Trinajstić information content (AvgIpc) is 2.14. The highest BCUT2D eigenvalue weighted by molar-refractivity contribution is 7.99. The van der Waals surface area contributed by atoms with Crippen LogP contribution in [0.1, 0.15) is 40.0 Å². The second kappa shape index (κ2) is 5.64. The fraction of sp³-hybridized carbons (Fsp3) is 0.909. The molecular weight excluding hydrogens is 210 g/mol. The molecule has 1 heterocycles. The number of thioether (sulfide) groups is 1. The molecule has 1 aliphatic heterocycles. The number of hydrogen-bond donors (Lipinski definition) is 1. The Kier molecular flexibility index (Phi) is 4.77. The van der Waals surface area contributed by atoms with E-state index in [-0.39, 0.29) is 6.09 Å². The molecule has 15 heavy (non-hydrogen) atoms. The minimum absolute atomic E-state index is 0.298. The first-order valence-electron chi connectivity index (χ1n) is 5.56. The summed E-state index contributed by atoms with van der Waals surface area (Å²) in [4.78, 5) is 11.4. The normalized spacial score (nSPS) is 22.2. The standard InChI is InChI=1S/C11H21NO2S/c1-11(2,3)14-10(13)12-8-9-6-4-5-7-15-9/h9H,4-8H2,1-3H3,(H,12,13)/t9-/m0/s1. The third-order valence-electron chi connectivity index (χ3n) is 2.15. The quantitative estimate of drug-likeness (QED) is 0.794. The number of amides is 1. The van der Waals surface area contributed by atoms with E-state index in [0.29, 0.717) is 5.25 Å². The maximum Gasteiger partial charge on any atom is 0.407 e. The van der Waals surface area contributed by atoms with Crippen LogP contribution in [0.15, 0.2) is 0 Å². The zero-order chi connectivity index (χ0) is 11.3. The maximum absolute atomic E-state index is 11.4. The van der Waals surface area contributed by atoms with Crippen LogP contribution in [-0.4, -0.2) is 29.2 Å². The molecule has 1 fully saturated rings. The highest BCUT2D eigenvalue weighted by Crippen LogP contribution is 2.24. The van der Waals surface area contributed by atoms with Crippen LogP contribution in [0.3, 0.4) is 0 Å². The first kappa shape index (κ1) is 12.7. The van der Waals surface area contributed by atoms with Gasteiger partial charge in [0, 0.05) is 11.8 Å². The van der Waals surface area contributed by atoms with Gasteiger partial charge in [-0.2, -0.15) is 11.8 Å². The molecule has 1 atom stereocenters. The molecule has 1 amide bonds. The van der Waals surface area contributed by atoms with E-state index in [1.807, 2.05) is 32.5 Å². The van der Waals surface area contributed by atoms with Crippen molar-refractivity contribution in [3.63, 3.8) is 0 Å². The first-order valence-corrected chi connectivity index (χ1v) is 6.61. The van der Waals surface area contributed by atoms with E-state index in [4.69, 9.17) is 4.74 Å². The molecule has 1 aliphatic rings. The Bertz CT molecular complexity index is 207. The van der Waals surface area contributed by atoms with E-state index in [1.165, 1.54) is 25.0 Å². The van der Waals surface area contributed by atoms with Crippen molar-refractivity contribution in [3.05, 3.63) is 0 Å². The van der Waals surface area contributed by atoms with Gasteiger partial charge >= 0.3 is 6.09 Å². The zero-order valence-electron chi connectivity index (χ0n) is 9.84. The summed E-state index contributed by atoms with van der Waals surface area (Å²) in [7, 11) is 0. The van der Waals surface area contributed by atoms with Gasteiger partial charge in [0.2, 0.25) is 0 Å². The average molecular weight is 231 g/mol. The number of carbonyl (C=O) groups is 1. The van der Waals surface area contributed by atoms with Gasteiger partial charge in [0.15, 0.2) is 0 Å². The van der Waals surface area contributed by atoms with Crippen molar-refractivity contribution in [1.29, 1.82) is 0 Å². The smallest absolute Gasteiger partial charge is 0.407 e. The van der Waals surface area contributed by atoms with E-state index in [0.717, 1.165) is 6.54 Å². The molecule has 1 N–H and O–H groups in total. The summed E-state index contributed by atoms with van der Waals surface area (Å²) >= 11 is 1.95. The van der Waals surface area contributed by atoms with E-state index in [2.05, 4.69) is 5.32 Å². The van der Waals surface area contributed by atoms with Gasteiger partial charge in [-0.05, 0) is 39.4 Å². The van der Waals surface area contributed by atoms with E-state index in [1.54, 1.807) is 0 Å². The van der Waals surface area contributed by atoms with Gasteiger partial charge in [-0.25, -0.2) is 4.79 Å². The summed E-state index contributed by atoms with van der Waals surface area (Å²) < 4.78 is 5.17. The van der Waals surface area contributed by atoms with Gasteiger partial charge in [0.1, 0.15) is 5.60 Å². The summed E-state index contributed by atoms with van der Waals surface area (Å²) in [6.07, 6.45) is 3.51. The molecule has 0 aromatic carbocycles. The van der Waals surface area contributed by atoms with Crippen molar-refractivity contribution in [2.24, 2.45) is 0 Å². The fourth-order valence-corrected chi connectivity index (χ4v) is 2.72. The van der Waals surface area contributed by atoms with E-state index in [9.17, 15) is 4.79 Å². The summed E-state index contributed by atoms with van der Waals surface area (Å²) in [6, 6.07) is 0. The Balaban J connectivity index is 2.15. The molecule has 0 aromatic rings. The van der Waals surface area contributed by atoms with Crippen LogP contribution >= 0.6 is 11.8 Å². The first-order chi connectivity index (χ1) is 6.97. The minimum Gasteiger partial charge on any atom is -0.444 e. The zero-order valence-corrected chi connectivity index (χ0v) is 10.7. The van der Waals surface area contributed by atoms with Crippen LogP contribution in [0.5, 0.6) is 0 Å². The highest BCUT2D eigenvalue weighted by atomic mass is 32.2. The van der Waals surface area contributed by atoms with Crippen LogP contribution in [0.4, 0.5) is 4.79 Å². The minimum atomic E-state index is -0.399. The number of ether oxygens (including phenoxy) is 1. The third-order valence-corrected chi connectivity index (χ3v) is 3.55. The molecule has 88 valence electrons. The van der Waals surface area contributed by atoms with Gasteiger partial charge in [-0.3, -0.25) is 0 Å². The van der Waals surface area contributed by atoms with Crippen molar-refractivity contribution in [3.8, 4) is 0 Å². The fourth-order valence-electron chi connectivity index (χ4n) is 1.48. The summed E-state index contributed by atoms with van der Waals surface area (Å²) in [5, 5.41) is 3.40. The number of carbonyl (C=O) groups excluding carboxylic acids is 1. The predicted molar refractivity (Wildman–Crippen MR) is 64.3 cm³/mol. The number of rotatable bonds is 2. The molecule has 0 saturated carbocycles. The SMILES string of the molecule is CC(C)(C)OC(=O)NC[C@@H]1CCCCS1. The lowest BCUT2D eigenvalue weighted by atomic mass is 10.2. The van der Waals surface area contributed by atoms with Gasteiger partial charge in [0.05, 0.1) is 0 Å². The Labute approximate surface area is 96.3 Å². The molecule has 1 rings (SSSR count). The molecule has 0 spiro atoms. The second-order valence-corrected chi connectivity index (χ2v) is 6.28. The third kappa shape index (κ3) is 5.92. The number of nitrogens with one attached hydrogen (secondary N) is 1. The largest absolute Gasteiger partial charge is 0.444 e. The van der Waals surface area contributed by atoms with Gasteiger partial charge in [0.25, 0.3) is 0 Å². The van der Waals surface area contributed by atoms with Crippen LogP contribution < -0.4 is 5.32 Å². The predicted octanol–water partition coefficient (Wildman–Crippen LogP) is 2.80. The van der Waals surface area contributed by atoms with Crippen molar-refractivity contribution >= 4 is 17.9 Å². The van der Waals surface area contributed by atoms with Crippen molar-refractivity contribution < 1.29 is 9.53 Å². The van der Waals surface area contributed by atoms with Crippen LogP contribution in [0.2, 0.25) is 0 Å². The molecule has 0 radical (unpaired) electrons. The lowest BCUT2D eigenvalue weighted by molar-refractivity contribution is 0.0527. The molecule has 4 heteroatoms. The van der Waals surface area contributed by atoms with Gasteiger partial charge < -0.3 is 10.1 Å². The molecule has 3 nitrogen and oxygen atoms in total. The Morgan fingerprint density at radius 3 is 2.73 bits per heavy atom. The molecule has 0 aliphatic carbocycles. The van der Waals surface area contributed by atoms with Gasteiger partial charge in [-0.15, -0.1) is 0 Å². The molecule has 0 bridgehead atoms.